The van der Waals surface area contributed by atoms with Crippen LogP contribution in [0.4, 0.5) is 5.82 Å². The summed E-state index contributed by atoms with van der Waals surface area (Å²) < 4.78 is 1.50. The first-order valence-corrected chi connectivity index (χ1v) is 6.84. The lowest BCUT2D eigenvalue weighted by molar-refractivity contribution is 0.769. The van der Waals surface area contributed by atoms with E-state index in [1.54, 1.807) is 6.20 Å². The van der Waals surface area contributed by atoms with Crippen LogP contribution >= 0.6 is 0 Å². The predicted molar refractivity (Wildman–Crippen MR) is 78.0 cm³/mol. The second kappa shape index (κ2) is 5.32. The quantitative estimate of drug-likeness (QED) is 0.567. The number of nitrogen functional groups attached to an aromatic ring is 1. The van der Waals surface area contributed by atoms with Crippen molar-refractivity contribution in [2.45, 2.75) is 25.7 Å². The van der Waals surface area contributed by atoms with Gasteiger partial charge >= 0.3 is 0 Å². The van der Waals surface area contributed by atoms with Crippen molar-refractivity contribution in [3.05, 3.63) is 41.3 Å². The molecule has 6 nitrogen and oxygen atoms in total. The molecule has 0 radical (unpaired) electrons. The number of fused-ring (bicyclic) bond motifs is 1. The van der Waals surface area contributed by atoms with Gasteiger partial charge in [-0.1, -0.05) is 6.07 Å². The van der Waals surface area contributed by atoms with E-state index in [0.29, 0.717) is 6.42 Å². The van der Waals surface area contributed by atoms with Gasteiger partial charge in [-0.3, -0.25) is 10.4 Å². The van der Waals surface area contributed by atoms with Gasteiger partial charge in [0.05, 0.1) is 5.69 Å². The van der Waals surface area contributed by atoms with Gasteiger partial charge in [0.25, 0.3) is 0 Å². The number of nitrogens with zero attached hydrogens (tertiary/aromatic N) is 3. The minimum Gasteiger partial charge on any atom is -0.370 e. The lowest BCUT2D eigenvalue weighted by Gasteiger charge is -2.06. The van der Waals surface area contributed by atoms with Gasteiger partial charge in [0.1, 0.15) is 5.82 Å². The standard InChI is InChI=1S/C14H18N6/c15-14(16)20-13-11(6-2-4-8-18-13)12(19-20)9-10-5-1-3-7-17-10/h1,3,5,7,18H,2,4,6,8-9H2,(H3,15,16). The van der Waals surface area contributed by atoms with Crippen molar-refractivity contribution in [3.8, 4) is 0 Å². The highest BCUT2D eigenvalue weighted by Gasteiger charge is 2.21. The fraction of sp³-hybridized carbons (Fsp3) is 0.357. The molecule has 0 saturated heterocycles. The minimum absolute atomic E-state index is 0.0529. The second-order valence-electron chi connectivity index (χ2n) is 4.95. The molecule has 2 aromatic heterocycles. The molecule has 4 N–H and O–H groups in total. The number of pyridine rings is 1. The first kappa shape index (κ1) is 12.7. The highest BCUT2D eigenvalue weighted by molar-refractivity contribution is 5.81. The van der Waals surface area contributed by atoms with Crippen molar-refractivity contribution >= 4 is 11.8 Å². The van der Waals surface area contributed by atoms with E-state index >= 15 is 0 Å². The molecule has 0 unspecified atom stereocenters. The number of anilines is 1. The summed E-state index contributed by atoms with van der Waals surface area (Å²) in [6.45, 7) is 0.898. The Bertz CT molecular complexity index is 616. The van der Waals surface area contributed by atoms with Crippen LogP contribution in [0.2, 0.25) is 0 Å². The Hall–Kier alpha value is -2.37. The van der Waals surface area contributed by atoms with Crippen molar-refractivity contribution in [1.29, 1.82) is 5.41 Å². The molecule has 3 heterocycles. The number of aromatic nitrogens is 3. The molecule has 20 heavy (non-hydrogen) atoms. The molecule has 0 fully saturated rings. The van der Waals surface area contributed by atoms with Gasteiger partial charge < -0.3 is 11.1 Å². The Morgan fingerprint density at radius 1 is 1.40 bits per heavy atom. The van der Waals surface area contributed by atoms with Crippen molar-refractivity contribution in [2.75, 3.05) is 11.9 Å². The average Bonchev–Trinajstić information content (AvgIpc) is 2.63. The van der Waals surface area contributed by atoms with Gasteiger partial charge in [0.15, 0.2) is 0 Å². The van der Waals surface area contributed by atoms with Crippen LogP contribution in [-0.2, 0) is 12.8 Å². The van der Waals surface area contributed by atoms with Gasteiger partial charge in [-0.05, 0) is 31.4 Å². The first-order chi connectivity index (χ1) is 9.75. The number of hydrogen-bond acceptors (Lipinski definition) is 4. The Balaban J connectivity index is 2.00. The molecule has 0 saturated carbocycles. The molecule has 0 bridgehead atoms. The molecular weight excluding hydrogens is 252 g/mol. The summed E-state index contributed by atoms with van der Waals surface area (Å²) in [5.74, 6) is 0.823. The zero-order valence-electron chi connectivity index (χ0n) is 11.3. The molecule has 0 spiro atoms. The van der Waals surface area contributed by atoms with Gasteiger partial charge in [0, 0.05) is 30.4 Å². The minimum atomic E-state index is -0.0529. The zero-order valence-corrected chi connectivity index (χ0v) is 11.3. The van der Waals surface area contributed by atoms with E-state index in [1.807, 2.05) is 18.2 Å². The lowest BCUT2D eigenvalue weighted by atomic mass is 10.1. The Morgan fingerprint density at radius 2 is 2.30 bits per heavy atom. The third-order valence-corrected chi connectivity index (χ3v) is 3.52. The van der Waals surface area contributed by atoms with Crippen LogP contribution in [0.5, 0.6) is 0 Å². The normalized spacial score (nSPS) is 14.2. The molecule has 0 aliphatic carbocycles. The second-order valence-corrected chi connectivity index (χ2v) is 4.95. The van der Waals surface area contributed by atoms with Crippen LogP contribution in [0.15, 0.2) is 24.4 Å². The first-order valence-electron chi connectivity index (χ1n) is 6.84. The Labute approximate surface area is 117 Å². The van der Waals surface area contributed by atoms with Crippen LogP contribution in [0.1, 0.15) is 29.8 Å². The van der Waals surface area contributed by atoms with E-state index < -0.39 is 0 Å². The maximum absolute atomic E-state index is 7.66. The van der Waals surface area contributed by atoms with Gasteiger partial charge in [-0.15, -0.1) is 0 Å². The number of rotatable bonds is 2. The van der Waals surface area contributed by atoms with Gasteiger partial charge in [0.2, 0.25) is 5.96 Å². The van der Waals surface area contributed by atoms with Crippen molar-refractivity contribution in [3.63, 3.8) is 0 Å². The van der Waals surface area contributed by atoms with Gasteiger partial charge in [-0.25, -0.2) is 0 Å². The fourth-order valence-corrected chi connectivity index (χ4v) is 2.56. The monoisotopic (exact) mass is 270 g/mol. The third-order valence-electron chi connectivity index (χ3n) is 3.52. The number of hydrogen-bond donors (Lipinski definition) is 3. The maximum atomic E-state index is 7.66. The van der Waals surface area contributed by atoms with Crippen molar-refractivity contribution in [2.24, 2.45) is 5.73 Å². The molecule has 1 aliphatic rings. The smallest absolute Gasteiger partial charge is 0.215 e. The topological polar surface area (TPSA) is 92.6 Å². The summed E-state index contributed by atoms with van der Waals surface area (Å²) in [6, 6.07) is 5.87. The van der Waals surface area contributed by atoms with E-state index in [0.717, 1.165) is 43.0 Å². The Kier molecular flexibility index (Phi) is 3.37. The highest BCUT2D eigenvalue weighted by Crippen LogP contribution is 2.26. The summed E-state index contributed by atoms with van der Waals surface area (Å²) in [4.78, 5) is 4.35. The molecule has 0 amide bonds. The highest BCUT2D eigenvalue weighted by atomic mass is 15.4. The largest absolute Gasteiger partial charge is 0.370 e. The van der Waals surface area contributed by atoms with Crippen LogP contribution in [0, 0.1) is 5.41 Å². The Morgan fingerprint density at radius 3 is 3.05 bits per heavy atom. The van der Waals surface area contributed by atoms with Crippen molar-refractivity contribution < 1.29 is 0 Å². The van der Waals surface area contributed by atoms with E-state index in [1.165, 1.54) is 10.2 Å². The molecule has 2 aromatic rings. The lowest BCUT2D eigenvalue weighted by Crippen LogP contribution is -2.24. The summed E-state index contributed by atoms with van der Waals surface area (Å²) in [6.07, 6.45) is 5.67. The summed E-state index contributed by atoms with van der Waals surface area (Å²) in [7, 11) is 0. The molecular formula is C14H18N6. The molecule has 6 heteroatoms. The molecule has 0 atom stereocenters. The van der Waals surface area contributed by atoms with Gasteiger partial charge in [-0.2, -0.15) is 9.78 Å². The van der Waals surface area contributed by atoms with E-state index in [2.05, 4.69) is 15.4 Å². The van der Waals surface area contributed by atoms with E-state index in [-0.39, 0.29) is 5.96 Å². The molecule has 0 aromatic carbocycles. The fourth-order valence-electron chi connectivity index (χ4n) is 2.56. The number of nitrogens with one attached hydrogen (secondary N) is 2. The SMILES string of the molecule is N=C(N)n1nc(Cc2ccccn2)c2c1NCCCC2. The molecule has 3 rings (SSSR count). The summed E-state index contributed by atoms with van der Waals surface area (Å²) in [5, 5.41) is 15.5. The predicted octanol–water partition coefficient (Wildman–Crippen LogP) is 1.36. The van der Waals surface area contributed by atoms with Crippen molar-refractivity contribution in [1.82, 2.24) is 14.8 Å². The van der Waals surface area contributed by atoms with Crippen LogP contribution < -0.4 is 11.1 Å². The number of nitrogens with two attached hydrogens (primary N) is 1. The molecule has 1 aliphatic heterocycles. The maximum Gasteiger partial charge on any atom is 0.215 e. The van der Waals surface area contributed by atoms with Crippen LogP contribution in [0.25, 0.3) is 0 Å². The van der Waals surface area contributed by atoms with E-state index in [4.69, 9.17) is 11.1 Å². The summed E-state index contributed by atoms with van der Waals surface area (Å²) >= 11 is 0. The summed E-state index contributed by atoms with van der Waals surface area (Å²) in [5.41, 5.74) is 8.73. The van der Waals surface area contributed by atoms with Crippen LogP contribution in [-0.4, -0.2) is 27.3 Å². The van der Waals surface area contributed by atoms with E-state index in [9.17, 15) is 0 Å². The zero-order chi connectivity index (χ0) is 13.9. The van der Waals surface area contributed by atoms with Crippen LogP contribution in [0.3, 0.4) is 0 Å². The third kappa shape index (κ3) is 2.36. The molecule has 104 valence electrons. The average molecular weight is 270 g/mol.